The van der Waals surface area contributed by atoms with Crippen LogP contribution in [0.1, 0.15) is 30.4 Å². The molecule has 0 saturated carbocycles. The highest BCUT2D eigenvalue weighted by Gasteiger charge is 2.29. The van der Waals surface area contributed by atoms with Gasteiger partial charge in [-0.3, -0.25) is 4.79 Å². The molecule has 1 N–H and O–H groups in total. The smallest absolute Gasteiger partial charge is 0.248 e. The van der Waals surface area contributed by atoms with E-state index in [4.69, 9.17) is 21.1 Å². The molecule has 1 aliphatic heterocycles. The number of carbonyl (C=O) groups excluding carboxylic acids is 1. The number of anilines is 1. The number of piperidine rings is 1. The van der Waals surface area contributed by atoms with Crippen LogP contribution in [0.4, 0.5) is 5.69 Å². The second-order valence-electron chi connectivity index (χ2n) is 7.50. The normalized spacial score (nSPS) is 15.0. The first-order valence-electron chi connectivity index (χ1n) is 10.3. The van der Waals surface area contributed by atoms with Gasteiger partial charge < -0.3 is 14.8 Å². The molecule has 1 amide bonds. The molecular formula is C23H27ClN2O5S. The number of amides is 1. The molecule has 0 spiro atoms. The summed E-state index contributed by atoms with van der Waals surface area (Å²) in [7, 11) is -0.754. The monoisotopic (exact) mass is 478 g/mol. The van der Waals surface area contributed by atoms with E-state index < -0.39 is 10.0 Å². The minimum Gasteiger partial charge on any atom is -0.495 e. The number of methoxy groups -OCH3 is 2. The first kappa shape index (κ1) is 24.1. The zero-order valence-electron chi connectivity index (χ0n) is 18.4. The summed E-state index contributed by atoms with van der Waals surface area (Å²) in [5.41, 5.74) is 1.86. The molecule has 9 heteroatoms. The maximum atomic E-state index is 13.1. The van der Waals surface area contributed by atoms with Crippen LogP contribution in [0.15, 0.2) is 41.3 Å². The first-order chi connectivity index (χ1) is 15.3. The average molecular weight is 479 g/mol. The van der Waals surface area contributed by atoms with Gasteiger partial charge in [-0.2, -0.15) is 4.31 Å². The van der Waals surface area contributed by atoms with E-state index in [1.807, 2.05) is 6.92 Å². The van der Waals surface area contributed by atoms with Crippen molar-refractivity contribution in [1.82, 2.24) is 4.31 Å². The third-order valence-corrected chi connectivity index (χ3v) is 7.61. The fraction of sp³-hybridized carbons (Fsp3) is 0.348. The number of halogens is 1. The molecule has 0 unspecified atom stereocenters. The van der Waals surface area contributed by atoms with Crippen molar-refractivity contribution < 1.29 is 22.7 Å². The molecule has 0 aromatic heterocycles. The number of sulfonamides is 1. The highest BCUT2D eigenvalue weighted by Crippen LogP contribution is 2.32. The predicted octanol–water partition coefficient (Wildman–Crippen LogP) is 4.49. The van der Waals surface area contributed by atoms with Crippen LogP contribution in [0.2, 0.25) is 5.02 Å². The van der Waals surface area contributed by atoms with Crippen molar-refractivity contribution in [1.29, 1.82) is 0 Å². The standard InChI is InChI=1S/C23H27ClN2O5S/c1-16-13-19(21(31-3)15-18(16)24)25-23(27)10-8-17-7-9-20(30-2)22(14-17)32(28,29)26-11-5-4-6-12-26/h7-10,13-15H,4-6,11-12H2,1-3H3,(H,25,27)/b10-8+. The number of nitrogens with one attached hydrogen (secondary N) is 1. The summed E-state index contributed by atoms with van der Waals surface area (Å²) in [6, 6.07) is 8.19. The van der Waals surface area contributed by atoms with Crippen LogP contribution in [-0.2, 0) is 14.8 Å². The molecule has 0 aliphatic carbocycles. The minimum absolute atomic E-state index is 0.0967. The van der Waals surface area contributed by atoms with Crippen LogP contribution in [0.25, 0.3) is 6.08 Å². The Morgan fingerprint density at radius 2 is 1.75 bits per heavy atom. The summed E-state index contributed by atoms with van der Waals surface area (Å²) in [5.74, 6) is 0.335. The lowest BCUT2D eigenvalue weighted by Crippen LogP contribution is -2.35. The quantitative estimate of drug-likeness (QED) is 0.592. The Bertz CT molecular complexity index is 1130. The molecular weight excluding hydrogens is 452 g/mol. The summed E-state index contributed by atoms with van der Waals surface area (Å²) in [5, 5.41) is 3.30. The van der Waals surface area contributed by atoms with Gasteiger partial charge in [0.15, 0.2) is 0 Å². The molecule has 0 bridgehead atoms. The van der Waals surface area contributed by atoms with Gasteiger partial charge in [-0.1, -0.05) is 24.1 Å². The second kappa shape index (κ2) is 10.4. The summed E-state index contributed by atoms with van der Waals surface area (Å²) in [4.78, 5) is 12.6. The number of hydrogen-bond acceptors (Lipinski definition) is 5. The van der Waals surface area contributed by atoms with Crippen LogP contribution >= 0.6 is 11.6 Å². The van der Waals surface area contributed by atoms with E-state index in [0.717, 1.165) is 24.8 Å². The van der Waals surface area contributed by atoms with E-state index >= 15 is 0 Å². The van der Waals surface area contributed by atoms with Crippen molar-refractivity contribution in [2.45, 2.75) is 31.1 Å². The van der Waals surface area contributed by atoms with Crippen molar-refractivity contribution in [3.05, 3.63) is 52.6 Å². The SMILES string of the molecule is COc1cc(Cl)c(C)cc1NC(=O)/C=C/c1ccc(OC)c(S(=O)(=O)N2CCCCC2)c1. The zero-order valence-corrected chi connectivity index (χ0v) is 19.9. The molecule has 1 aliphatic rings. The lowest BCUT2D eigenvalue weighted by molar-refractivity contribution is -0.111. The Morgan fingerprint density at radius 1 is 1.06 bits per heavy atom. The Balaban J connectivity index is 1.83. The van der Waals surface area contributed by atoms with E-state index in [0.29, 0.717) is 35.1 Å². The number of carbonyl (C=O) groups is 1. The van der Waals surface area contributed by atoms with Gasteiger partial charge in [-0.25, -0.2) is 8.42 Å². The number of aryl methyl sites for hydroxylation is 1. The third-order valence-electron chi connectivity index (χ3n) is 5.29. The Kier molecular flexibility index (Phi) is 7.82. The van der Waals surface area contributed by atoms with Crippen molar-refractivity contribution in [3.8, 4) is 11.5 Å². The highest BCUT2D eigenvalue weighted by molar-refractivity contribution is 7.89. The van der Waals surface area contributed by atoms with Crippen molar-refractivity contribution >= 4 is 39.3 Å². The van der Waals surface area contributed by atoms with Gasteiger partial charge in [0.05, 0.1) is 19.9 Å². The maximum absolute atomic E-state index is 13.1. The Morgan fingerprint density at radius 3 is 2.41 bits per heavy atom. The van der Waals surface area contributed by atoms with Gasteiger partial charge in [0, 0.05) is 30.3 Å². The van der Waals surface area contributed by atoms with Crippen molar-refractivity contribution in [3.63, 3.8) is 0 Å². The largest absolute Gasteiger partial charge is 0.495 e. The number of hydrogen-bond donors (Lipinski definition) is 1. The van der Waals surface area contributed by atoms with Gasteiger partial charge >= 0.3 is 0 Å². The fourth-order valence-corrected chi connectivity index (χ4v) is 5.38. The molecule has 1 saturated heterocycles. The first-order valence-corrected chi connectivity index (χ1v) is 12.1. The number of ether oxygens (including phenoxy) is 2. The summed E-state index contributed by atoms with van der Waals surface area (Å²) in [6.45, 7) is 2.82. The molecule has 3 rings (SSSR count). The van der Waals surface area contributed by atoms with Crippen LogP contribution in [0.3, 0.4) is 0 Å². The summed E-state index contributed by atoms with van der Waals surface area (Å²) < 4.78 is 38.3. The van der Waals surface area contributed by atoms with Gasteiger partial charge in [-0.15, -0.1) is 0 Å². The van der Waals surface area contributed by atoms with E-state index in [2.05, 4.69) is 5.32 Å². The van der Waals surface area contributed by atoms with E-state index in [1.165, 1.54) is 30.7 Å². The summed E-state index contributed by atoms with van der Waals surface area (Å²) in [6.07, 6.45) is 5.60. The Labute approximate surface area is 194 Å². The maximum Gasteiger partial charge on any atom is 0.248 e. The van der Waals surface area contributed by atoms with Crippen molar-refractivity contribution in [2.75, 3.05) is 32.6 Å². The molecule has 2 aromatic carbocycles. The van der Waals surface area contributed by atoms with E-state index in [9.17, 15) is 13.2 Å². The van der Waals surface area contributed by atoms with Gasteiger partial charge in [0.2, 0.25) is 15.9 Å². The average Bonchev–Trinajstić information content (AvgIpc) is 2.80. The Hall–Kier alpha value is -2.55. The zero-order chi connectivity index (χ0) is 23.3. The molecule has 1 heterocycles. The highest BCUT2D eigenvalue weighted by atomic mass is 35.5. The van der Waals surface area contributed by atoms with E-state index in [-0.39, 0.29) is 16.6 Å². The summed E-state index contributed by atoms with van der Waals surface area (Å²) >= 11 is 6.11. The molecule has 2 aromatic rings. The molecule has 32 heavy (non-hydrogen) atoms. The lowest BCUT2D eigenvalue weighted by Gasteiger charge is -2.26. The molecule has 1 fully saturated rings. The van der Waals surface area contributed by atoms with Crippen LogP contribution in [0.5, 0.6) is 11.5 Å². The molecule has 0 radical (unpaired) electrons. The van der Waals surface area contributed by atoms with Gasteiger partial charge in [-0.05, 0) is 55.2 Å². The molecule has 172 valence electrons. The van der Waals surface area contributed by atoms with Crippen LogP contribution in [0, 0.1) is 6.92 Å². The number of benzene rings is 2. The predicted molar refractivity (Wildman–Crippen MR) is 126 cm³/mol. The minimum atomic E-state index is -3.69. The van der Waals surface area contributed by atoms with Gasteiger partial charge in [0.1, 0.15) is 16.4 Å². The van der Waals surface area contributed by atoms with E-state index in [1.54, 1.807) is 30.3 Å². The fourth-order valence-electron chi connectivity index (χ4n) is 3.52. The van der Waals surface area contributed by atoms with Crippen molar-refractivity contribution in [2.24, 2.45) is 0 Å². The topological polar surface area (TPSA) is 84.9 Å². The lowest BCUT2D eigenvalue weighted by atomic mass is 10.2. The van der Waals surface area contributed by atoms with Crippen LogP contribution < -0.4 is 14.8 Å². The van der Waals surface area contributed by atoms with Crippen LogP contribution in [-0.4, -0.2) is 45.9 Å². The molecule has 0 atom stereocenters. The van der Waals surface area contributed by atoms with Gasteiger partial charge in [0.25, 0.3) is 0 Å². The number of rotatable bonds is 7. The number of nitrogens with zero attached hydrogens (tertiary/aromatic N) is 1. The third kappa shape index (κ3) is 5.43. The molecule has 7 nitrogen and oxygen atoms in total. The second-order valence-corrected chi connectivity index (χ2v) is 9.81.